The molecule has 0 bridgehead atoms. The van der Waals surface area contributed by atoms with Gasteiger partial charge in [0.15, 0.2) is 0 Å². The molecule has 7 heteroatoms. The van der Waals surface area contributed by atoms with Crippen molar-refractivity contribution >= 4 is 21.4 Å². The summed E-state index contributed by atoms with van der Waals surface area (Å²) in [5.41, 5.74) is 6.62. The summed E-state index contributed by atoms with van der Waals surface area (Å²) in [4.78, 5) is 2.27. The quantitative estimate of drug-likeness (QED) is 0.623. The predicted octanol–water partition coefficient (Wildman–Crippen LogP) is 1.06. The molecule has 5 N–H and O–H groups in total. The minimum absolute atomic E-state index is 0.0385. The van der Waals surface area contributed by atoms with E-state index in [1.54, 1.807) is 12.1 Å². The molecule has 0 fully saturated rings. The standard InChI is InChI=1S/C13H24N4O2S/c1-3-9-17(4-2)10-8-16-11-6-5-7-12(13(11)14)20(15,18)19/h5-7,16H,3-4,8-10,14H2,1-2H3,(H2,15,18,19). The molecule has 114 valence electrons. The van der Waals surface area contributed by atoms with Crippen LogP contribution in [0.1, 0.15) is 20.3 Å². The number of nitrogens with zero attached hydrogens (tertiary/aromatic N) is 1. The van der Waals surface area contributed by atoms with E-state index in [9.17, 15) is 8.42 Å². The molecular formula is C13H24N4O2S. The Bertz CT molecular complexity index is 531. The van der Waals surface area contributed by atoms with Crippen molar-refractivity contribution in [3.63, 3.8) is 0 Å². The lowest BCUT2D eigenvalue weighted by atomic mass is 10.2. The highest BCUT2D eigenvalue weighted by Crippen LogP contribution is 2.25. The van der Waals surface area contributed by atoms with Crippen molar-refractivity contribution in [2.75, 3.05) is 37.2 Å². The molecule has 0 radical (unpaired) electrons. The van der Waals surface area contributed by atoms with E-state index in [1.165, 1.54) is 6.07 Å². The highest BCUT2D eigenvalue weighted by Gasteiger charge is 2.14. The molecule has 6 nitrogen and oxygen atoms in total. The highest BCUT2D eigenvalue weighted by molar-refractivity contribution is 7.89. The molecule has 0 amide bonds. The van der Waals surface area contributed by atoms with Crippen LogP contribution >= 0.6 is 0 Å². The van der Waals surface area contributed by atoms with E-state index in [-0.39, 0.29) is 10.6 Å². The predicted molar refractivity (Wildman–Crippen MR) is 83.1 cm³/mol. The lowest BCUT2D eigenvalue weighted by Gasteiger charge is -2.20. The first-order chi connectivity index (χ1) is 9.40. The molecule has 1 aromatic rings. The molecule has 0 aliphatic heterocycles. The molecule has 0 heterocycles. The Hall–Kier alpha value is -1.31. The van der Waals surface area contributed by atoms with E-state index in [2.05, 4.69) is 24.1 Å². The van der Waals surface area contributed by atoms with E-state index in [0.717, 1.165) is 26.1 Å². The monoisotopic (exact) mass is 300 g/mol. The fraction of sp³-hybridized carbons (Fsp3) is 0.538. The Morgan fingerprint density at radius 3 is 2.50 bits per heavy atom. The van der Waals surface area contributed by atoms with Crippen LogP contribution in [0.4, 0.5) is 11.4 Å². The number of nitrogens with one attached hydrogen (secondary N) is 1. The third kappa shape index (κ3) is 4.66. The summed E-state index contributed by atoms with van der Waals surface area (Å²) in [6.07, 6.45) is 1.11. The van der Waals surface area contributed by atoms with Gasteiger partial charge < -0.3 is 16.0 Å². The zero-order chi connectivity index (χ0) is 15.2. The summed E-state index contributed by atoms with van der Waals surface area (Å²) < 4.78 is 22.8. The first-order valence-electron chi connectivity index (χ1n) is 6.77. The first-order valence-corrected chi connectivity index (χ1v) is 8.32. The maximum absolute atomic E-state index is 11.4. The van der Waals surface area contributed by atoms with Crippen molar-refractivity contribution < 1.29 is 8.42 Å². The maximum Gasteiger partial charge on any atom is 0.240 e. The maximum atomic E-state index is 11.4. The van der Waals surface area contributed by atoms with Gasteiger partial charge in [0.05, 0.1) is 11.4 Å². The molecular weight excluding hydrogens is 276 g/mol. The minimum Gasteiger partial charge on any atom is -0.396 e. The fourth-order valence-electron chi connectivity index (χ4n) is 2.04. The van der Waals surface area contributed by atoms with Gasteiger partial charge in [-0.15, -0.1) is 0 Å². The number of nitrogen functional groups attached to an aromatic ring is 1. The van der Waals surface area contributed by atoms with E-state index >= 15 is 0 Å². The number of rotatable bonds is 8. The Morgan fingerprint density at radius 1 is 1.25 bits per heavy atom. The number of likely N-dealkylation sites (N-methyl/N-ethyl adjacent to an activating group) is 1. The number of benzene rings is 1. The van der Waals surface area contributed by atoms with Crippen LogP contribution in [-0.4, -0.2) is 39.5 Å². The number of primary sulfonamides is 1. The van der Waals surface area contributed by atoms with Crippen LogP contribution in [0.3, 0.4) is 0 Å². The zero-order valence-electron chi connectivity index (χ0n) is 12.1. The topological polar surface area (TPSA) is 101 Å². The SMILES string of the molecule is CCCN(CC)CCNc1cccc(S(N)(=O)=O)c1N. The van der Waals surface area contributed by atoms with Gasteiger partial charge in [-0.2, -0.15) is 0 Å². The third-order valence-corrected chi connectivity index (χ3v) is 4.07. The van der Waals surface area contributed by atoms with Gasteiger partial charge in [-0.3, -0.25) is 0 Å². The summed E-state index contributed by atoms with van der Waals surface area (Å²) in [6.45, 7) is 7.87. The molecule has 1 aromatic carbocycles. The van der Waals surface area contributed by atoms with E-state index in [4.69, 9.17) is 10.9 Å². The van der Waals surface area contributed by atoms with Crippen molar-refractivity contribution in [2.45, 2.75) is 25.2 Å². The van der Waals surface area contributed by atoms with Gasteiger partial charge in [0.25, 0.3) is 0 Å². The number of para-hydroxylation sites is 1. The second kappa shape index (κ2) is 7.47. The number of hydrogen-bond acceptors (Lipinski definition) is 5. The average Bonchev–Trinajstić information content (AvgIpc) is 2.38. The molecule has 0 aliphatic carbocycles. The van der Waals surface area contributed by atoms with Gasteiger partial charge in [0, 0.05) is 13.1 Å². The second-order valence-corrected chi connectivity index (χ2v) is 6.15. The summed E-state index contributed by atoms with van der Waals surface area (Å²) in [5.74, 6) is 0. The molecule has 0 spiro atoms. The first kappa shape index (κ1) is 16.7. The van der Waals surface area contributed by atoms with E-state index in [1.807, 2.05) is 0 Å². The zero-order valence-corrected chi connectivity index (χ0v) is 12.9. The Balaban J connectivity index is 2.70. The van der Waals surface area contributed by atoms with Gasteiger partial charge in [0.2, 0.25) is 10.0 Å². The molecule has 1 rings (SSSR count). The van der Waals surface area contributed by atoms with Crippen LogP contribution in [0.5, 0.6) is 0 Å². The lowest BCUT2D eigenvalue weighted by Crippen LogP contribution is -2.29. The van der Waals surface area contributed by atoms with Crippen molar-refractivity contribution in [3.8, 4) is 0 Å². The van der Waals surface area contributed by atoms with Gasteiger partial charge in [-0.25, -0.2) is 13.6 Å². The fourth-order valence-corrected chi connectivity index (χ4v) is 2.72. The smallest absolute Gasteiger partial charge is 0.240 e. The van der Waals surface area contributed by atoms with Crippen LogP contribution in [-0.2, 0) is 10.0 Å². The Labute approximate surface area is 121 Å². The van der Waals surface area contributed by atoms with Crippen LogP contribution in [0.15, 0.2) is 23.1 Å². The lowest BCUT2D eigenvalue weighted by molar-refractivity contribution is 0.300. The van der Waals surface area contributed by atoms with Gasteiger partial charge in [-0.1, -0.05) is 19.9 Å². The molecule has 0 saturated heterocycles. The molecule has 0 aromatic heterocycles. The van der Waals surface area contributed by atoms with E-state index in [0.29, 0.717) is 12.2 Å². The average molecular weight is 300 g/mol. The number of anilines is 2. The van der Waals surface area contributed by atoms with Crippen molar-refractivity contribution in [1.82, 2.24) is 4.90 Å². The van der Waals surface area contributed by atoms with Crippen LogP contribution in [0, 0.1) is 0 Å². The Morgan fingerprint density at radius 2 is 1.95 bits per heavy atom. The highest BCUT2D eigenvalue weighted by atomic mass is 32.2. The normalized spacial score (nSPS) is 11.8. The second-order valence-electron chi connectivity index (χ2n) is 4.62. The van der Waals surface area contributed by atoms with Crippen molar-refractivity contribution in [2.24, 2.45) is 5.14 Å². The summed E-state index contributed by atoms with van der Waals surface area (Å²) in [6, 6.07) is 4.79. The van der Waals surface area contributed by atoms with Gasteiger partial charge in [0.1, 0.15) is 4.90 Å². The minimum atomic E-state index is -3.79. The summed E-state index contributed by atoms with van der Waals surface area (Å²) >= 11 is 0. The molecule has 0 aliphatic rings. The summed E-state index contributed by atoms with van der Waals surface area (Å²) in [7, 11) is -3.79. The molecule has 0 saturated carbocycles. The van der Waals surface area contributed by atoms with Gasteiger partial charge in [-0.05, 0) is 31.6 Å². The molecule has 20 heavy (non-hydrogen) atoms. The van der Waals surface area contributed by atoms with Gasteiger partial charge >= 0.3 is 0 Å². The van der Waals surface area contributed by atoms with Crippen molar-refractivity contribution in [1.29, 1.82) is 0 Å². The van der Waals surface area contributed by atoms with Crippen LogP contribution in [0.25, 0.3) is 0 Å². The molecule has 0 unspecified atom stereocenters. The largest absolute Gasteiger partial charge is 0.396 e. The Kier molecular flexibility index (Phi) is 6.25. The van der Waals surface area contributed by atoms with Crippen molar-refractivity contribution in [3.05, 3.63) is 18.2 Å². The number of hydrogen-bond donors (Lipinski definition) is 3. The van der Waals surface area contributed by atoms with Crippen LogP contribution in [0.2, 0.25) is 0 Å². The number of sulfonamides is 1. The van der Waals surface area contributed by atoms with Crippen LogP contribution < -0.4 is 16.2 Å². The molecule has 0 atom stereocenters. The number of nitrogens with two attached hydrogens (primary N) is 2. The summed E-state index contributed by atoms with van der Waals surface area (Å²) in [5, 5.41) is 8.28. The van der Waals surface area contributed by atoms with E-state index < -0.39 is 10.0 Å². The third-order valence-electron chi connectivity index (χ3n) is 3.10.